The summed E-state index contributed by atoms with van der Waals surface area (Å²) >= 11 is 25.2. The summed E-state index contributed by atoms with van der Waals surface area (Å²) in [7, 11) is 0. The summed E-state index contributed by atoms with van der Waals surface area (Å²) in [6, 6.07) is 15.1. The largest absolute Gasteiger partial charge is 0.323 e. The zero-order valence-electron chi connectivity index (χ0n) is 19.3. The van der Waals surface area contributed by atoms with Crippen molar-refractivity contribution < 1.29 is 14.4 Å². The Morgan fingerprint density at radius 3 is 2.19 bits per heavy atom. The maximum absolute atomic E-state index is 14.1. The third kappa shape index (κ3) is 3.69. The van der Waals surface area contributed by atoms with Crippen LogP contribution in [0.25, 0.3) is 0 Å². The molecule has 2 fully saturated rings. The lowest BCUT2D eigenvalue weighted by Gasteiger charge is -2.29. The molecule has 0 saturated carbocycles. The number of imide groups is 1. The fourth-order valence-corrected chi connectivity index (χ4v) is 6.96. The maximum Gasteiger partial charge on any atom is 0.250 e. The summed E-state index contributed by atoms with van der Waals surface area (Å²) in [5, 5.41) is 7.36. The monoisotopic (exact) mass is 573 g/mol. The zero-order chi connectivity index (χ0) is 26.2. The van der Waals surface area contributed by atoms with Gasteiger partial charge in [-0.1, -0.05) is 76.2 Å². The van der Waals surface area contributed by atoms with Gasteiger partial charge < -0.3 is 5.32 Å². The van der Waals surface area contributed by atoms with Crippen LogP contribution in [-0.4, -0.2) is 23.8 Å². The van der Waals surface area contributed by atoms with Gasteiger partial charge in [-0.15, -0.1) is 0 Å². The highest BCUT2D eigenvalue weighted by atomic mass is 35.5. The molecule has 3 aliphatic rings. The first kappa shape index (κ1) is 24.7. The number of hydrogen-bond donors (Lipinski definition) is 2. The molecule has 4 atom stereocenters. The van der Waals surface area contributed by atoms with Gasteiger partial charge in [0.05, 0.1) is 28.2 Å². The second-order valence-corrected chi connectivity index (χ2v) is 11.4. The van der Waals surface area contributed by atoms with Crippen LogP contribution in [0.3, 0.4) is 0 Å². The SMILES string of the molecule is Cc1ccc(CC2NC3(C(=O)Nc4c(Cl)cc(Cl)cc43)C3C(=O)N(c4cc(Cl)cc(Cl)c4)C(=O)C23)cc1. The van der Waals surface area contributed by atoms with Crippen LogP contribution >= 0.6 is 46.4 Å². The molecule has 3 amide bonds. The number of fused-ring (bicyclic) bond motifs is 4. The van der Waals surface area contributed by atoms with Gasteiger partial charge in [-0.05, 0) is 49.2 Å². The molecule has 0 radical (unpaired) electrons. The summed E-state index contributed by atoms with van der Waals surface area (Å²) < 4.78 is 0. The summed E-state index contributed by atoms with van der Waals surface area (Å²) in [5.41, 5.74) is 1.61. The van der Waals surface area contributed by atoms with E-state index in [1.54, 1.807) is 6.07 Å². The van der Waals surface area contributed by atoms with Gasteiger partial charge in [0.2, 0.25) is 17.7 Å². The Labute approximate surface area is 232 Å². The highest BCUT2D eigenvalue weighted by Gasteiger charge is 2.70. The minimum atomic E-state index is -1.53. The molecule has 37 heavy (non-hydrogen) atoms. The second kappa shape index (κ2) is 8.72. The van der Waals surface area contributed by atoms with Crippen LogP contribution in [0.15, 0.2) is 54.6 Å². The smallest absolute Gasteiger partial charge is 0.250 e. The molecule has 4 unspecified atom stereocenters. The van der Waals surface area contributed by atoms with Crippen molar-refractivity contribution in [1.82, 2.24) is 5.32 Å². The summed E-state index contributed by atoms with van der Waals surface area (Å²) in [4.78, 5) is 42.8. The van der Waals surface area contributed by atoms with Crippen LogP contribution in [0.5, 0.6) is 0 Å². The maximum atomic E-state index is 14.1. The first-order valence-corrected chi connectivity index (χ1v) is 13.1. The molecule has 2 saturated heterocycles. The molecule has 0 bridgehead atoms. The van der Waals surface area contributed by atoms with Crippen molar-refractivity contribution >= 4 is 75.5 Å². The lowest BCUT2D eigenvalue weighted by Crippen LogP contribution is -2.53. The lowest BCUT2D eigenvalue weighted by atomic mass is 9.76. The lowest BCUT2D eigenvalue weighted by molar-refractivity contribution is -0.130. The summed E-state index contributed by atoms with van der Waals surface area (Å²) in [6.07, 6.45) is 0.420. The average Bonchev–Trinajstić information content (AvgIpc) is 3.40. The third-order valence-electron chi connectivity index (χ3n) is 7.42. The van der Waals surface area contributed by atoms with Crippen molar-refractivity contribution in [3.63, 3.8) is 0 Å². The van der Waals surface area contributed by atoms with Crippen LogP contribution < -0.4 is 15.5 Å². The molecule has 10 heteroatoms. The standard InChI is InChI=1S/C27H19Cl4N3O3/c1-12-2-4-13(5-3-12)6-20-21-22(25(36)34(24(21)35)17-8-14(28)7-15(29)9-17)27(33-20)18-10-16(30)11-19(31)23(18)32-26(27)37/h2-5,7-11,20-22,33H,6H2,1H3,(H,32,37). The Balaban J connectivity index is 1.52. The molecule has 3 aromatic carbocycles. The molecule has 3 aromatic rings. The Kier molecular flexibility index (Phi) is 5.82. The van der Waals surface area contributed by atoms with Gasteiger partial charge in [0.15, 0.2) is 0 Å². The van der Waals surface area contributed by atoms with Gasteiger partial charge in [-0.3, -0.25) is 19.7 Å². The molecule has 6 nitrogen and oxygen atoms in total. The van der Waals surface area contributed by atoms with Gasteiger partial charge in [0, 0.05) is 26.7 Å². The molecule has 6 rings (SSSR count). The van der Waals surface area contributed by atoms with E-state index in [0.29, 0.717) is 22.7 Å². The molecule has 3 aliphatic heterocycles. The van der Waals surface area contributed by atoms with Gasteiger partial charge in [-0.2, -0.15) is 0 Å². The number of hydrogen-bond acceptors (Lipinski definition) is 4. The fourth-order valence-electron chi connectivity index (χ4n) is 5.90. The quantitative estimate of drug-likeness (QED) is 0.389. The molecular formula is C27H19Cl4N3O3. The van der Waals surface area contributed by atoms with E-state index in [1.165, 1.54) is 24.3 Å². The number of carbonyl (C=O) groups excluding carboxylic acids is 3. The van der Waals surface area contributed by atoms with Crippen molar-refractivity contribution in [1.29, 1.82) is 0 Å². The third-order valence-corrected chi connectivity index (χ3v) is 8.38. The number of carbonyl (C=O) groups is 3. The van der Waals surface area contributed by atoms with Crippen LogP contribution in [0.2, 0.25) is 20.1 Å². The van der Waals surface area contributed by atoms with E-state index in [9.17, 15) is 14.4 Å². The Hall–Kier alpha value is -2.61. The first-order chi connectivity index (χ1) is 17.6. The first-order valence-electron chi connectivity index (χ1n) is 11.6. The minimum absolute atomic E-state index is 0.253. The van der Waals surface area contributed by atoms with E-state index in [0.717, 1.165) is 16.0 Å². The number of amides is 3. The van der Waals surface area contributed by atoms with Gasteiger partial charge >= 0.3 is 0 Å². The van der Waals surface area contributed by atoms with Gasteiger partial charge in [0.25, 0.3) is 0 Å². The second-order valence-electron chi connectivity index (χ2n) is 9.66. The van der Waals surface area contributed by atoms with Crippen molar-refractivity contribution in [2.45, 2.75) is 24.9 Å². The normalized spacial score (nSPS) is 26.1. The van der Waals surface area contributed by atoms with Crippen molar-refractivity contribution in [2.24, 2.45) is 11.8 Å². The van der Waals surface area contributed by atoms with E-state index in [4.69, 9.17) is 46.4 Å². The average molecular weight is 575 g/mol. The molecule has 0 aliphatic carbocycles. The number of halogens is 4. The predicted octanol–water partition coefficient (Wildman–Crippen LogP) is 5.78. The van der Waals surface area contributed by atoms with E-state index in [1.807, 2.05) is 31.2 Å². The summed E-state index contributed by atoms with van der Waals surface area (Å²) in [5.74, 6) is -3.28. The van der Waals surface area contributed by atoms with Crippen LogP contribution in [0.4, 0.5) is 11.4 Å². The number of anilines is 2. The van der Waals surface area contributed by atoms with Crippen molar-refractivity contribution in [3.05, 3.63) is 91.4 Å². The number of nitrogens with zero attached hydrogens (tertiary/aromatic N) is 1. The van der Waals surface area contributed by atoms with Crippen LogP contribution in [0, 0.1) is 18.8 Å². The fraction of sp³-hybridized carbons (Fsp3) is 0.222. The number of rotatable bonds is 3. The predicted molar refractivity (Wildman–Crippen MR) is 145 cm³/mol. The molecule has 0 aromatic heterocycles. The van der Waals surface area contributed by atoms with E-state index >= 15 is 0 Å². The summed E-state index contributed by atoms with van der Waals surface area (Å²) in [6.45, 7) is 1.99. The molecule has 2 N–H and O–H groups in total. The van der Waals surface area contributed by atoms with Gasteiger partial charge in [-0.25, -0.2) is 4.90 Å². The van der Waals surface area contributed by atoms with E-state index in [-0.39, 0.29) is 20.8 Å². The Morgan fingerprint density at radius 1 is 0.865 bits per heavy atom. The van der Waals surface area contributed by atoms with Crippen molar-refractivity contribution in [3.8, 4) is 0 Å². The van der Waals surface area contributed by atoms with E-state index < -0.39 is 41.1 Å². The number of benzene rings is 3. The minimum Gasteiger partial charge on any atom is -0.323 e. The molecule has 3 heterocycles. The van der Waals surface area contributed by atoms with Crippen molar-refractivity contribution in [2.75, 3.05) is 10.2 Å². The molecular weight excluding hydrogens is 556 g/mol. The van der Waals surface area contributed by atoms with Gasteiger partial charge in [0.1, 0.15) is 5.54 Å². The Bertz CT molecular complexity index is 1490. The van der Waals surface area contributed by atoms with E-state index in [2.05, 4.69) is 10.6 Å². The zero-order valence-corrected chi connectivity index (χ0v) is 22.3. The van der Waals surface area contributed by atoms with Crippen LogP contribution in [-0.2, 0) is 26.3 Å². The Morgan fingerprint density at radius 2 is 1.51 bits per heavy atom. The number of nitrogens with one attached hydrogen (secondary N) is 2. The van der Waals surface area contributed by atoms with Crippen LogP contribution in [0.1, 0.15) is 16.7 Å². The molecule has 1 spiro atoms. The molecule has 188 valence electrons. The highest BCUT2D eigenvalue weighted by molar-refractivity contribution is 6.38. The number of aryl methyl sites for hydroxylation is 1. The topological polar surface area (TPSA) is 78.5 Å². The highest BCUT2D eigenvalue weighted by Crippen LogP contribution is 2.55.